The Morgan fingerprint density at radius 2 is 1.88 bits per heavy atom. The van der Waals surface area contributed by atoms with Gasteiger partial charge in [0.15, 0.2) is 5.78 Å². The second-order valence-electron chi connectivity index (χ2n) is 6.15. The number of Topliss-reactive ketones (excluding diaryl/α,β-unsaturated/α-hetero) is 1. The van der Waals surface area contributed by atoms with E-state index in [0.717, 1.165) is 12.5 Å². The van der Waals surface area contributed by atoms with E-state index in [1.165, 1.54) is 19.3 Å². The summed E-state index contributed by atoms with van der Waals surface area (Å²) in [5, 5.41) is 0. The first-order valence-electron chi connectivity index (χ1n) is 6.81. The zero-order chi connectivity index (χ0) is 11.9. The molecule has 0 aromatic carbocycles. The fourth-order valence-electron chi connectivity index (χ4n) is 3.59. The molecule has 2 fully saturated rings. The number of carbonyl (C=O) groups excluding carboxylic acids is 1. The molecule has 0 amide bonds. The Labute approximate surface area is 99.4 Å². The molecule has 0 aromatic rings. The van der Waals surface area contributed by atoms with Crippen molar-refractivity contribution >= 4 is 5.78 Å². The zero-order valence-electron chi connectivity index (χ0n) is 11.1. The summed E-state index contributed by atoms with van der Waals surface area (Å²) < 4.78 is 0. The third kappa shape index (κ3) is 1.92. The lowest BCUT2D eigenvalue weighted by Gasteiger charge is -2.31. The highest BCUT2D eigenvalue weighted by molar-refractivity contribution is 5.86. The second-order valence-corrected chi connectivity index (χ2v) is 6.15. The number of nitrogens with zero attached hydrogens (tertiary/aromatic N) is 1. The molecular formula is C14H25NO. The van der Waals surface area contributed by atoms with Crippen molar-refractivity contribution in [1.29, 1.82) is 0 Å². The van der Waals surface area contributed by atoms with Crippen LogP contribution in [-0.4, -0.2) is 29.3 Å². The van der Waals surface area contributed by atoms with Crippen LogP contribution >= 0.6 is 0 Å². The van der Waals surface area contributed by atoms with Gasteiger partial charge in [-0.25, -0.2) is 0 Å². The van der Waals surface area contributed by atoms with E-state index in [1.807, 2.05) is 13.8 Å². The number of carbonyl (C=O) groups is 1. The van der Waals surface area contributed by atoms with Crippen LogP contribution in [-0.2, 0) is 4.79 Å². The molecule has 0 bridgehead atoms. The van der Waals surface area contributed by atoms with E-state index in [1.54, 1.807) is 0 Å². The Morgan fingerprint density at radius 3 is 2.44 bits per heavy atom. The summed E-state index contributed by atoms with van der Waals surface area (Å²) in [6.45, 7) is 9.70. The molecule has 16 heavy (non-hydrogen) atoms. The van der Waals surface area contributed by atoms with Gasteiger partial charge in [-0.05, 0) is 38.5 Å². The van der Waals surface area contributed by atoms with Crippen molar-refractivity contribution < 1.29 is 4.79 Å². The van der Waals surface area contributed by atoms with Crippen molar-refractivity contribution in [3.63, 3.8) is 0 Å². The van der Waals surface area contributed by atoms with Crippen LogP contribution in [0.25, 0.3) is 0 Å². The van der Waals surface area contributed by atoms with Gasteiger partial charge in [0.25, 0.3) is 0 Å². The smallest absolute Gasteiger partial charge is 0.152 e. The summed E-state index contributed by atoms with van der Waals surface area (Å²) in [4.78, 5) is 14.8. The molecule has 1 saturated carbocycles. The Bertz CT molecular complexity index is 272. The van der Waals surface area contributed by atoms with Crippen molar-refractivity contribution in [2.24, 2.45) is 17.8 Å². The summed E-state index contributed by atoms with van der Waals surface area (Å²) >= 11 is 0. The van der Waals surface area contributed by atoms with E-state index >= 15 is 0 Å². The number of ketones is 1. The van der Waals surface area contributed by atoms with Gasteiger partial charge in [0, 0.05) is 18.5 Å². The summed E-state index contributed by atoms with van der Waals surface area (Å²) in [5.41, 5.74) is 0. The van der Waals surface area contributed by atoms with Crippen LogP contribution in [0.4, 0.5) is 0 Å². The van der Waals surface area contributed by atoms with Gasteiger partial charge in [0.1, 0.15) is 0 Å². The lowest BCUT2D eigenvalue weighted by Crippen LogP contribution is -2.45. The van der Waals surface area contributed by atoms with Crippen molar-refractivity contribution in [1.82, 2.24) is 4.90 Å². The molecule has 1 saturated heterocycles. The van der Waals surface area contributed by atoms with Gasteiger partial charge in [0.05, 0.1) is 6.04 Å². The summed E-state index contributed by atoms with van der Waals surface area (Å²) in [5.74, 6) is 2.13. The van der Waals surface area contributed by atoms with Crippen molar-refractivity contribution in [2.75, 3.05) is 6.54 Å². The van der Waals surface area contributed by atoms with E-state index in [2.05, 4.69) is 18.7 Å². The fourth-order valence-corrected chi connectivity index (χ4v) is 3.59. The molecule has 0 spiro atoms. The highest BCUT2D eigenvalue weighted by atomic mass is 16.1. The zero-order valence-corrected chi connectivity index (χ0v) is 11.1. The van der Waals surface area contributed by atoms with Crippen LogP contribution in [0.5, 0.6) is 0 Å². The van der Waals surface area contributed by atoms with Gasteiger partial charge in [-0.2, -0.15) is 0 Å². The van der Waals surface area contributed by atoms with E-state index < -0.39 is 0 Å². The third-order valence-electron chi connectivity index (χ3n) is 4.45. The largest absolute Gasteiger partial charge is 0.298 e. The predicted octanol–water partition coefficient (Wildman–Crippen LogP) is 2.72. The molecule has 2 heteroatoms. The first-order chi connectivity index (χ1) is 7.52. The first kappa shape index (κ1) is 12.1. The quantitative estimate of drug-likeness (QED) is 0.733. The maximum absolute atomic E-state index is 12.4. The minimum atomic E-state index is 0.186. The van der Waals surface area contributed by atoms with E-state index in [9.17, 15) is 4.79 Å². The maximum Gasteiger partial charge on any atom is 0.152 e. The first-order valence-corrected chi connectivity index (χ1v) is 6.81. The standard InChI is InChI=1S/C14H25NO/c1-9(2)14(16)13-12-7-5-6-11(12)8-15(13)10(3)4/h9-13H,5-8H2,1-4H3/t11-,12-,13-/m0/s1. The van der Waals surface area contributed by atoms with Gasteiger partial charge < -0.3 is 0 Å². The Kier molecular flexibility index (Phi) is 3.39. The van der Waals surface area contributed by atoms with Gasteiger partial charge in [-0.15, -0.1) is 0 Å². The summed E-state index contributed by atoms with van der Waals surface area (Å²) in [6.07, 6.45) is 3.95. The maximum atomic E-state index is 12.4. The van der Waals surface area contributed by atoms with Crippen LogP contribution < -0.4 is 0 Å². The molecule has 1 heterocycles. The number of hydrogen-bond acceptors (Lipinski definition) is 2. The molecule has 2 nitrogen and oxygen atoms in total. The minimum absolute atomic E-state index is 0.186. The van der Waals surface area contributed by atoms with Crippen LogP contribution in [0.1, 0.15) is 47.0 Å². The average molecular weight is 223 g/mol. The van der Waals surface area contributed by atoms with Gasteiger partial charge in [-0.1, -0.05) is 20.3 Å². The molecule has 2 aliphatic rings. The Morgan fingerprint density at radius 1 is 1.19 bits per heavy atom. The lowest BCUT2D eigenvalue weighted by molar-refractivity contribution is -0.128. The van der Waals surface area contributed by atoms with Crippen LogP contribution in [0, 0.1) is 17.8 Å². The van der Waals surface area contributed by atoms with E-state index in [4.69, 9.17) is 0 Å². The number of likely N-dealkylation sites (tertiary alicyclic amines) is 1. The topological polar surface area (TPSA) is 20.3 Å². The highest BCUT2D eigenvalue weighted by Crippen LogP contribution is 2.43. The second kappa shape index (κ2) is 4.48. The monoisotopic (exact) mass is 223 g/mol. The summed E-state index contributed by atoms with van der Waals surface area (Å²) in [6, 6.07) is 0.741. The predicted molar refractivity (Wildman–Crippen MR) is 66.3 cm³/mol. The van der Waals surface area contributed by atoms with Gasteiger partial charge >= 0.3 is 0 Å². The van der Waals surface area contributed by atoms with Crippen molar-refractivity contribution in [3.8, 4) is 0 Å². The molecule has 3 atom stereocenters. The number of rotatable bonds is 3. The molecule has 1 aliphatic heterocycles. The summed E-state index contributed by atoms with van der Waals surface area (Å²) in [7, 11) is 0. The molecule has 0 unspecified atom stereocenters. The molecule has 0 radical (unpaired) electrons. The molecule has 0 N–H and O–H groups in total. The molecular weight excluding hydrogens is 198 g/mol. The fraction of sp³-hybridized carbons (Fsp3) is 0.929. The van der Waals surface area contributed by atoms with Crippen LogP contribution in [0.3, 0.4) is 0 Å². The Hall–Kier alpha value is -0.370. The lowest BCUT2D eigenvalue weighted by atomic mass is 9.87. The number of hydrogen-bond donors (Lipinski definition) is 0. The Balaban J connectivity index is 2.19. The SMILES string of the molecule is CC(C)C(=O)[C@@H]1[C@H]2CCC[C@H]2CN1C(C)C. The van der Waals surface area contributed by atoms with Crippen molar-refractivity contribution in [2.45, 2.75) is 59.0 Å². The average Bonchev–Trinajstić information content (AvgIpc) is 2.74. The minimum Gasteiger partial charge on any atom is -0.298 e. The molecule has 2 rings (SSSR count). The third-order valence-corrected chi connectivity index (χ3v) is 4.45. The molecule has 1 aliphatic carbocycles. The normalized spacial score (nSPS) is 35.0. The van der Waals surface area contributed by atoms with Gasteiger partial charge in [0.2, 0.25) is 0 Å². The highest BCUT2D eigenvalue weighted by Gasteiger charge is 2.48. The molecule has 0 aromatic heterocycles. The number of fused-ring (bicyclic) bond motifs is 1. The van der Waals surface area contributed by atoms with Gasteiger partial charge in [-0.3, -0.25) is 9.69 Å². The molecule has 92 valence electrons. The van der Waals surface area contributed by atoms with Crippen LogP contribution in [0.2, 0.25) is 0 Å². The van der Waals surface area contributed by atoms with E-state index in [0.29, 0.717) is 17.7 Å². The van der Waals surface area contributed by atoms with E-state index in [-0.39, 0.29) is 12.0 Å². The van der Waals surface area contributed by atoms with Crippen LogP contribution in [0.15, 0.2) is 0 Å². The van der Waals surface area contributed by atoms with Crippen molar-refractivity contribution in [3.05, 3.63) is 0 Å².